The van der Waals surface area contributed by atoms with E-state index in [2.05, 4.69) is 10.6 Å². The first-order valence-corrected chi connectivity index (χ1v) is 13.2. The topological polar surface area (TPSA) is 140 Å². The number of carboxylic acids is 1. The number of hydrogen-bond donors (Lipinski definition) is 3. The molecule has 2 amide bonds. The Morgan fingerprint density at radius 1 is 0.659 bits per heavy atom. The van der Waals surface area contributed by atoms with Crippen LogP contribution in [0, 0.1) is 0 Å². The summed E-state index contributed by atoms with van der Waals surface area (Å²) in [7, 11) is 0. The minimum absolute atomic E-state index is 0.0146. The van der Waals surface area contributed by atoms with Crippen molar-refractivity contribution in [1.29, 1.82) is 0 Å². The van der Waals surface area contributed by atoms with Gasteiger partial charge in [-0.05, 0) is 29.5 Å². The first-order chi connectivity index (χ1) is 19.9. The van der Waals surface area contributed by atoms with Gasteiger partial charge in [-0.1, -0.05) is 91.0 Å². The van der Waals surface area contributed by atoms with Crippen molar-refractivity contribution in [2.75, 3.05) is 6.61 Å². The highest BCUT2D eigenvalue weighted by Crippen LogP contribution is 2.09. The van der Waals surface area contributed by atoms with Crippen LogP contribution in [0.3, 0.4) is 0 Å². The maximum atomic E-state index is 12.8. The highest BCUT2D eigenvalue weighted by molar-refractivity contribution is 5.84. The lowest BCUT2D eigenvalue weighted by molar-refractivity contribution is -0.147. The summed E-state index contributed by atoms with van der Waals surface area (Å²) >= 11 is 0. The van der Waals surface area contributed by atoms with Crippen molar-refractivity contribution in [1.82, 2.24) is 10.6 Å². The van der Waals surface area contributed by atoms with Gasteiger partial charge >= 0.3 is 18.0 Å². The quantitative estimate of drug-likeness (QED) is 0.223. The van der Waals surface area contributed by atoms with Gasteiger partial charge in [-0.25, -0.2) is 14.4 Å². The number of carboxylic acid groups (broad SMARTS) is 1. The van der Waals surface area contributed by atoms with Crippen LogP contribution in [0.2, 0.25) is 0 Å². The third-order valence-corrected chi connectivity index (χ3v) is 5.94. The molecule has 0 aromatic heterocycles. The standard InChI is InChI=1S/C31H34N2O8/c34-28(32-27(29(35)36)22-39-19-23-11-4-1-5-12-23)18-10-17-26(30(37)40-20-24-13-6-2-7-14-24)33-31(38)41-21-25-15-8-3-9-16-25/h1-9,11-16,26-27H,10,17-22H2,(H,32,34)(H,33,38)(H,35,36)/t26-,27+/m0/s1. The molecule has 41 heavy (non-hydrogen) atoms. The average Bonchev–Trinajstić information content (AvgIpc) is 2.99. The number of esters is 1. The Morgan fingerprint density at radius 2 is 1.17 bits per heavy atom. The van der Waals surface area contributed by atoms with E-state index in [-0.39, 0.29) is 45.7 Å². The van der Waals surface area contributed by atoms with E-state index in [9.17, 15) is 24.3 Å². The molecule has 0 heterocycles. The first-order valence-electron chi connectivity index (χ1n) is 13.2. The van der Waals surface area contributed by atoms with E-state index in [1.165, 1.54) is 0 Å². The molecule has 0 spiro atoms. The van der Waals surface area contributed by atoms with Gasteiger partial charge in [0.15, 0.2) is 6.04 Å². The Bertz CT molecular complexity index is 1240. The molecule has 0 unspecified atom stereocenters. The Balaban J connectivity index is 1.49. The molecule has 0 fully saturated rings. The zero-order valence-corrected chi connectivity index (χ0v) is 22.6. The third kappa shape index (κ3) is 11.9. The fourth-order valence-electron chi connectivity index (χ4n) is 3.76. The van der Waals surface area contributed by atoms with Crippen molar-refractivity contribution in [3.63, 3.8) is 0 Å². The van der Waals surface area contributed by atoms with Crippen molar-refractivity contribution < 1.29 is 38.5 Å². The summed E-state index contributed by atoms with van der Waals surface area (Å²) in [6.45, 7) is 0.0307. The molecular weight excluding hydrogens is 528 g/mol. The van der Waals surface area contributed by atoms with Gasteiger partial charge in [-0.15, -0.1) is 0 Å². The second kappa shape index (κ2) is 17.1. The van der Waals surface area contributed by atoms with Crippen molar-refractivity contribution in [3.05, 3.63) is 108 Å². The van der Waals surface area contributed by atoms with E-state index >= 15 is 0 Å². The maximum absolute atomic E-state index is 12.8. The number of hydrogen-bond acceptors (Lipinski definition) is 7. The summed E-state index contributed by atoms with van der Waals surface area (Å²) in [5, 5.41) is 14.4. The van der Waals surface area contributed by atoms with Gasteiger partial charge in [0.25, 0.3) is 0 Å². The van der Waals surface area contributed by atoms with Gasteiger partial charge in [0.05, 0.1) is 13.2 Å². The molecule has 3 aromatic rings. The van der Waals surface area contributed by atoms with Crippen molar-refractivity contribution >= 4 is 23.9 Å². The smallest absolute Gasteiger partial charge is 0.408 e. The Kier molecular flexibility index (Phi) is 12.9. The average molecular weight is 563 g/mol. The van der Waals surface area contributed by atoms with Crippen LogP contribution in [0.4, 0.5) is 4.79 Å². The van der Waals surface area contributed by atoms with Gasteiger partial charge in [-0.3, -0.25) is 4.79 Å². The Morgan fingerprint density at radius 3 is 1.71 bits per heavy atom. The van der Waals surface area contributed by atoms with E-state index in [1.54, 1.807) is 24.3 Å². The Hall–Kier alpha value is -4.70. The second-order valence-electron chi connectivity index (χ2n) is 9.20. The van der Waals surface area contributed by atoms with Crippen LogP contribution >= 0.6 is 0 Å². The number of carbonyl (C=O) groups excluding carboxylic acids is 3. The predicted molar refractivity (Wildman–Crippen MR) is 149 cm³/mol. The fourth-order valence-corrected chi connectivity index (χ4v) is 3.76. The van der Waals surface area contributed by atoms with E-state index in [1.807, 2.05) is 66.7 Å². The van der Waals surface area contributed by atoms with Gasteiger partial charge in [0, 0.05) is 6.42 Å². The lowest BCUT2D eigenvalue weighted by Gasteiger charge is -2.18. The molecule has 0 aliphatic rings. The molecule has 0 radical (unpaired) electrons. The second-order valence-corrected chi connectivity index (χ2v) is 9.20. The molecule has 0 saturated carbocycles. The lowest BCUT2D eigenvalue weighted by atomic mass is 10.1. The summed E-state index contributed by atoms with van der Waals surface area (Å²) in [6, 6.07) is 25.1. The monoisotopic (exact) mass is 562 g/mol. The molecule has 10 nitrogen and oxygen atoms in total. The molecule has 3 aromatic carbocycles. The fraction of sp³-hybridized carbons (Fsp3) is 0.290. The zero-order valence-electron chi connectivity index (χ0n) is 22.6. The zero-order chi connectivity index (χ0) is 29.3. The molecular formula is C31H34N2O8. The molecule has 10 heteroatoms. The van der Waals surface area contributed by atoms with E-state index in [0.29, 0.717) is 0 Å². The highest BCUT2D eigenvalue weighted by Gasteiger charge is 2.25. The van der Waals surface area contributed by atoms with Gasteiger partial charge in [0.2, 0.25) is 5.91 Å². The molecule has 3 N–H and O–H groups in total. The summed E-state index contributed by atoms with van der Waals surface area (Å²) in [4.78, 5) is 49.3. The molecule has 2 atom stereocenters. The first kappa shape index (κ1) is 30.8. The van der Waals surface area contributed by atoms with Crippen LogP contribution in [0.1, 0.15) is 36.0 Å². The van der Waals surface area contributed by atoms with Gasteiger partial charge in [-0.2, -0.15) is 0 Å². The molecule has 0 aliphatic carbocycles. The summed E-state index contributed by atoms with van der Waals surface area (Å²) in [5.74, 6) is -2.43. The predicted octanol–water partition coefficient (Wildman–Crippen LogP) is 3.98. The van der Waals surface area contributed by atoms with Crippen molar-refractivity contribution in [2.45, 2.75) is 51.2 Å². The number of carbonyl (C=O) groups is 4. The molecule has 0 saturated heterocycles. The number of alkyl carbamates (subject to hydrolysis) is 1. The van der Waals surface area contributed by atoms with Gasteiger partial charge in [0.1, 0.15) is 19.3 Å². The van der Waals surface area contributed by atoms with Gasteiger partial charge < -0.3 is 30.0 Å². The molecule has 0 bridgehead atoms. The van der Waals surface area contributed by atoms with Crippen LogP contribution in [0.15, 0.2) is 91.0 Å². The number of nitrogens with one attached hydrogen (secondary N) is 2. The van der Waals surface area contributed by atoms with Crippen LogP contribution in [0.5, 0.6) is 0 Å². The number of ether oxygens (including phenoxy) is 3. The molecule has 216 valence electrons. The molecule has 0 aliphatic heterocycles. The van der Waals surface area contributed by atoms with Crippen LogP contribution in [0.25, 0.3) is 0 Å². The minimum atomic E-state index is -1.23. The van der Waals surface area contributed by atoms with E-state index in [4.69, 9.17) is 14.2 Å². The summed E-state index contributed by atoms with van der Waals surface area (Å²) in [5.41, 5.74) is 2.44. The van der Waals surface area contributed by atoms with Crippen LogP contribution < -0.4 is 10.6 Å². The van der Waals surface area contributed by atoms with Crippen LogP contribution in [-0.2, 0) is 48.4 Å². The minimum Gasteiger partial charge on any atom is -0.480 e. The number of rotatable bonds is 16. The third-order valence-electron chi connectivity index (χ3n) is 5.94. The van der Waals surface area contributed by atoms with Crippen molar-refractivity contribution in [3.8, 4) is 0 Å². The SMILES string of the molecule is O=C(CCC[C@H](NC(=O)OCc1ccccc1)C(=O)OCc1ccccc1)N[C@H](COCc1ccccc1)C(=O)O. The lowest BCUT2D eigenvalue weighted by Crippen LogP contribution is -2.44. The van der Waals surface area contributed by atoms with Crippen molar-refractivity contribution in [2.24, 2.45) is 0 Å². The normalized spacial score (nSPS) is 12.0. The number of benzene rings is 3. The van der Waals surface area contributed by atoms with E-state index in [0.717, 1.165) is 16.7 Å². The number of aliphatic carboxylic acids is 1. The summed E-state index contributed by atoms with van der Waals surface area (Å²) in [6.07, 6.45) is -0.635. The highest BCUT2D eigenvalue weighted by atomic mass is 16.6. The largest absolute Gasteiger partial charge is 0.480 e. The number of amides is 2. The van der Waals surface area contributed by atoms with Crippen LogP contribution in [-0.4, -0.2) is 47.7 Å². The molecule has 3 rings (SSSR count). The van der Waals surface area contributed by atoms with E-state index < -0.39 is 36.0 Å². The summed E-state index contributed by atoms with van der Waals surface area (Å²) < 4.78 is 16.1. The maximum Gasteiger partial charge on any atom is 0.408 e. The Labute approximate surface area is 238 Å².